The van der Waals surface area contributed by atoms with Crippen molar-refractivity contribution < 1.29 is 4.79 Å². The van der Waals surface area contributed by atoms with E-state index in [0.717, 1.165) is 10.9 Å². The number of para-hydroxylation sites is 1. The molecule has 0 spiro atoms. The highest BCUT2D eigenvalue weighted by Crippen LogP contribution is 2.24. The summed E-state index contributed by atoms with van der Waals surface area (Å²) in [7, 11) is 0. The highest BCUT2D eigenvalue weighted by Gasteiger charge is 2.13. The third kappa shape index (κ3) is 2.74. The van der Waals surface area contributed by atoms with E-state index >= 15 is 0 Å². The van der Waals surface area contributed by atoms with Gasteiger partial charge in [0.15, 0.2) is 0 Å². The van der Waals surface area contributed by atoms with Gasteiger partial charge in [0.2, 0.25) is 5.82 Å². The molecule has 5 heteroatoms. The summed E-state index contributed by atoms with van der Waals surface area (Å²) in [6.45, 7) is 2.04. The van der Waals surface area contributed by atoms with Gasteiger partial charge in [-0.25, -0.2) is 9.97 Å². The van der Waals surface area contributed by atoms with Crippen molar-refractivity contribution in [3.8, 4) is 0 Å². The van der Waals surface area contributed by atoms with E-state index in [1.165, 1.54) is 0 Å². The van der Waals surface area contributed by atoms with Crippen LogP contribution in [-0.2, 0) is 0 Å². The molecule has 0 aliphatic heterocycles. The molecule has 0 radical (unpaired) electrons. The first-order valence-electron chi connectivity index (χ1n) is 7.03. The summed E-state index contributed by atoms with van der Waals surface area (Å²) in [6, 6.07) is 17.6. The molecule has 110 valence electrons. The topological polar surface area (TPSA) is 80.9 Å². The van der Waals surface area contributed by atoms with Crippen LogP contribution in [0.2, 0.25) is 0 Å². The van der Waals surface area contributed by atoms with Gasteiger partial charge in [0.05, 0.1) is 5.52 Å². The maximum absolute atomic E-state index is 11.4. The van der Waals surface area contributed by atoms with Crippen molar-refractivity contribution in [2.45, 2.75) is 13.0 Å². The van der Waals surface area contributed by atoms with E-state index < -0.39 is 5.91 Å². The quantitative estimate of drug-likeness (QED) is 0.774. The Morgan fingerprint density at radius 2 is 1.73 bits per heavy atom. The van der Waals surface area contributed by atoms with Gasteiger partial charge in [-0.2, -0.15) is 0 Å². The predicted octanol–water partition coefficient (Wildman–Crippen LogP) is 2.90. The van der Waals surface area contributed by atoms with Crippen molar-refractivity contribution in [2.24, 2.45) is 5.73 Å². The minimum absolute atomic E-state index is 0.0152. The fourth-order valence-corrected chi connectivity index (χ4v) is 2.33. The van der Waals surface area contributed by atoms with Crippen molar-refractivity contribution in [3.05, 3.63) is 66.0 Å². The molecule has 1 atom stereocenters. The summed E-state index contributed by atoms with van der Waals surface area (Å²) in [4.78, 5) is 19.9. The smallest absolute Gasteiger partial charge is 0.286 e. The number of fused-ring (bicyclic) bond motifs is 1. The molecule has 1 heterocycles. The van der Waals surface area contributed by atoms with E-state index in [-0.39, 0.29) is 11.9 Å². The Morgan fingerprint density at radius 3 is 2.45 bits per heavy atom. The van der Waals surface area contributed by atoms with E-state index in [9.17, 15) is 4.79 Å². The molecule has 22 heavy (non-hydrogen) atoms. The SMILES string of the molecule is CC(Nc1nc(C(N)=O)nc2ccccc12)c1ccccc1. The number of nitrogens with one attached hydrogen (secondary N) is 1. The van der Waals surface area contributed by atoms with Gasteiger partial charge in [-0.05, 0) is 24.6 Å². The Bertz CT molecular complexity index is 817. The van der Waals surface area contributed by atoms with Crippen molar-refractivity contribution >= 4 is 22.6 Å². The third-order valence-electron chi connectivity index (χ3n) is 3.48. The van der Waals surface area contributed by atoms with Crippen LogP contribution in [0.4, 0.5) is 5.82 Å². The van der Waals surface area contributed by atoms with Gasteiger partial charge in [-0.15, -0.1) is 0 Å². The van der Waals surface area contributed by atoms with Gasteiger partial charge in [0, 0.05) is 11.4 Å². The number of nitrogens with two attached hydrogens (primary N) is 1. The fourth-order valence-electron chi connectivity index (χ4n) is 2.33. The van der Waals surface area contributed by atoms with Crippen molar-refractivity contribution in [3.63, 3.8) is 0 Å². The summed E-state index contributed by atoms with van der Waals surface area (Å²) < 4.78 is 0. The van der Waals surface area contributed by atoms with Crippen molar-refractivity contribution in [1.29, 1.82) is 0 Å². The molecule has 1 aromatic heterocycles. The molecule has 0 saturated carbocycles. The van der Waals surface area contributed by atoms with Gasteiger partial charge < -0.3 is 11.1 Å². The van der Waals surface area contributed by atoms with Crippen LogP contribution in [0.3, 0.4) is 0 Å². The maximum Gasteiger partial charge on any atom is 0.286 e. The van der Waals surface area contributed by atoms with Gasteiger partial charge >= 0.3 is 0 Å². The average molecular weight is 292 g/mol. The molecule has 1 unspecified atom stereocenters. The molecule has 0 bridgehead atoms. The lowest BCUT2D eigenvalue weighted by Crippen LogP contribution is -2.17. The summed E-state index contributed by atoms with van der Waals surface area (Å²) >= 11 is 0. The highest BCUT2D eigenvalue weighted by atomic mass is 16.1. The maximum atomic E-state index is 11.4. The Balaban J connectivity index is 2.04. The Labute approximate surface area is 128 Å². The second-order valence-electron chi connectivity index (χ2n) is 5.05. The van der Waals surface area contributed by atoms with Crippen LogP contribution in [0.15, 0.2) is 54.6 Å². The molecule has 5 nitrogen and oxygen atoms in total. The van der Waals surface area contributed by atoms with Gasteiger partial charge in [0.1, 0.15) is 5.82 Å². The summed E-state index contributed by atoms with van der Waals surface area (Å²) in [5, 5.41) is 4.19. The van der Waals surface area contributed by atoms with Gasteiger partial charge in [-0.1, -0.05) is 42.5 Å². The van der Waals surface area contributed by atoms with E-state index in [0.29, 0.717) is 11.3 Å². The minimum Gasteiger partial charge on any atom is -0.363 e. The molecule has 1 amide bonds. The van der Waals surface area contributed by atoms with Crippen LogP contribution in [0, 0.1) is 0 Å². The molecule has 0 saturated heterocycles. The van der Waals surface area contributed by atoms with Gasteiger partial charge in [0.25, 0.3) is 5.91 Å². The van der Waals surface area contributed by atoms with Crippen LogP contribution in [0.1, 0.15) is 29.1 Å². The molecule has 3 aromatic rings. The van der Waals surface area contributed by atoms with E-state index in [1.54, 1.807) is 0 Å². The number of rotatable bonds is 4. The number of anilines is 1. The highest BCUT2D eigenvalue weighted by molar-refractivity contribution is 5.95. The van der Waals surface area contributed by atoms with Crippen LogP contribution in [-0.4, -0.2) is 15.9 Å². The zero-order chi connectivity index (χ0) is 15.5. The lowest BCUT2D eigenvalue weighted by molar-refractivity contribution is 0.0991. The van der Waals surface area contributed by atoms with E-state index in [2.05, 4.69) is 15.3 Å². The zero-order valence-electron chi connectivity index (χ0n) is 12.2. The predicted molar refractivity (Wildman–Crippen MR) is 86.5 cm³/mol. The van der Waals surface area contributed by atoms with Crippen molar-refractivity contribution in [1.82, 2.24) is 9.97 Å². The molecule has 0 aliphatic rings. The van der Waals surface area contributed by atoms with Crippen molar-refractivity contribution in [2.75, 3.05) is 5.32 Å². The van der Waals surface area contributed by atoms with Crippen LogP contribution in [0.25, 0.3) is 10.9 Å². The number of aromatic nitrogens is 2. The second kappa shape index (κ2) is 5.81. The molecule has 0 aliphatic carbocycles. The number of benzene rings is 2. The first-order valence-corrected chi connectivity index (χ1v) is 7.03. The first-order chi connectivity index (χ1) is 10.6. The average Bonchev–Trinajstić information content (AvgIpc) is 2.55. The summed E-state index contributed by atoms with van der Waals surface area (Å²) in [5.74, 6) is -0.0154. The third-order valence-corrected chi connectivity index (χ3v) is 3.48. The largest absolute Gasteiger partial charge is 0.363 e. The summed E-state index contributed by atoms with van der Waals surface area (Å²) in [5.41, 5.74) is 7.14. The Kier molecular flexibility index (Phi) is 3.70. The zero-order valence-corrected chi connectivity index (χ0v) is 12.2. The standard InChI is InChI=1S/C17H16N4O/c1-11(12-7-3-2-4-8-12)19-16-13-9-5-6-10-14(13)20-17(21-16)15(18)22/h2-11H,1H3,(H2,18,22)(H,19,20,21). The van der Waals surface area contributed by atoms with E-state index in [4.69, 9.17) is 5.73 Å². The number of hydrogen-bond donors (Lipinski definition) is 2. The Hall–Kier alpha value is -2.95. The number of hydrogen-bond acceptors (Lipinski definition) is 4. The fraction of sp³-hybridized carbons (Fsp3) is 0.118. The van der Waals surface area contributed by atoms with Gasteiger partial charge in [-0.3, -0.25) is 4.79 Å². The molecule has 3 N–H and O–H groups in total. The van der Waals surface area contributed by atoms with Crippen LogP contribution < -0.4 is 11.1 Å². The number of amides is 1. The lowest BCUT2D eigenvalue weighted by atomic mass is 10.1. The Morgan fingerprint density at radius 1 is 1.05 bits per heavy atom. The molecule has 0 fully saturated rings. The first kappa shape index (κ1) is 14.0. The number of nitrogens with zero attached hydrogens (tertiary/aromatic N) is 2. The summed E-state index contributed by atoms with van der Waals surface area (Å²) in [6.07, 6.45) is 0. The van der Waals surface area contributed by atoms with E-state index in [1.807, 2.05) is 61.5 Å². The lowest BCUT2D eigenvalue weighted by Gasteiger charge is -2.16. The number of carbonyl (C=O) groups excluding carboxylic acids is 1. The monoisotopic (exact) mass is 292 g/mol. The molecule has 3 rings (SSSR count). The molecule has 2 aromatic carbocycles. The number of primary amides is 1. The minimum atomic E-state index is -0.638. The normalized spacial score (nSPS) is 12.0. The molecular formula is C17H16N4O. The van der Waals surface area contributed by atoms with Crippen LogP contribution in [0.5, 0.6) is 0 Å². The van der Waals surface area contributed by atoms with Crippen LogP contribution >= 0.6 is 0 Å². The number of carbonyl (C=O) groups is 1. The second-order valence-corrected chi connectivity index (χ2v) is 5.05. The molecular weight excluding hydrogens is 276 g/mol.